The van der Waals surface area contributed by atoms with Crippen molar-refractivity contribution in [1.82, 2.24) is 0 Å². The van der Waals surface area contributed by atoms with E-state index >= 15 is 0 Å². The van der Waals surface area contributed by atoms with E-state index in [1.54, 1.807) is 60.7 Å². The van der Waals surface area contributed by atoms with E-state index in [4.69, 9.17) is 14.2 Å². The van der Waals surface area contributed by atoms with Crippen LogP contribution >= 0.6 is 0 Å². The molecule has 4 aromatic carbocycles. The molecule has 0 bridgehead atoms. The number of benzene rings is 4. The quantitative estimate of drug-likeness (QED) is 0.116. The highest BCUT2D eigenvalue weighted by atomic mass is 19.2. The second-order valence-corrected chi connectivity index (χ2v) is 9.37. The van der Waals surface area contributed by atoms with E-state index in [-0.39, 0.29) is 23.7 Å². The molecule has 4 rings (SSSR count). The molecule has 0 saturated heterocycles. The SMILES string of the molecule is C=CCCCOc1ccc(-c2ccc(COc3ccc(-c4ccc(OCCCC)cc4)c(F)c3F)cc2)c(F)c1. The molecule has 0 aromatic heterocycles. The number of hydrogen-bond donors (Lipinski definition) is 0. The zero-order valence-corrected chi connectivity index (χ0v) is 22.6. The first-order valence-electron chi connectivity index (χ1n) is 13.5. The molecule has 0 unspecified atom stereocenters. The third-order valence-electron chi connectivity index (χ3n) is 6.40. The monoisotopic (exact) mass is 546 g/mol. The second kappa shape index (κ2) is 14.3. The highest BCUT2D eigenvalue weighted by Crippen LogP contribution is 2.32. The number of halogens is 3. The second-order valence-electron chi connectivity index (χ2n) is 9.37. The van der Waals surface area contributed by atoms with E-state index in [9.17, 15) is 13.2 Å². The molecular weight excluding hydrogens is 513 g/mol. The average molecular weight is 547 g/mol. The molecule has 4 aromatic rings. The molecule has 0 aliphatic rings. The summed E-state index contributed by atoms with van der Waals surface area (Å²) in [5.74, 6) is -1.43. The zero-order chi connectivity index (χ0) is 28.3. The van der Waals surface area contributed by atoms with Crippen molar-refractivity contribution in [2.45, 2.75) is 39.2 Å². The molecule has 0 radical (unpaired) electrons. The number of rotatable bonds is 14. The lowest BCUT2D eigenvalue weighted by Crippen LogP contribution is -2.00. The van der Waals surface area contributed by atoms with Gasteiger partial charge >= 0.3 is 0 Å². The topological polar surface area (TPSA) is 27.7 Å². The summed E-state index contributed by atoms with van der Waals surface area (Å²) in [5, 5.41) is 0. The van der Waals surface area contributed by atoms with E-state index in [0.717, 1.165) is 31.2 Å². The average Bonchev–Trinajstić information content (AvgIpc) is 2.97. The van der Waals surface area contributed by atoms with Gasteiger partial charge in [0.25, 0.3) is 0 Å². The van der Waals surface area contributed by atoms with Crippen LogP contribution in [0.4, 0.5) is 13.2 Å². The lowest BCUT2D eigenvalue weighted by Gasteiger charge is -2.12. The van der Waals surface area contributed by atoms with Gasteiger partial charge in [-0.3, -0.25) is 0 Å². The molecule has 3 nitrogen and oxygen atoms in total. The Balaban J connectivity index is 1.37. The summed E-state index contributed by atoms with van der Waals surface area (Å²) >= 11 is 0. The van der Waals surface area contributed by atoms with Crippen molar-refractivity contribution in [3.05, 3.63) is 115 Å². The molecular formula is C34H33F3O3. The lowest BCUT2D eigenvalue weighted by molar-refractivity contribution is 0.285. The van der Waals surface area contributed by atoms with Crippen molar-refractivity contribution in [3.8, 4) is 39.5 Å². The molecule has 0 heterocycles. The van der Waals surface area contributed by atoms with Crippen LogP contribution in [0.15, 0.2) is 91.5 Å². The van der Waals surface area contributed by atoms with Crippen molar-refractivity contribution >= 4 is 0 Å². The van der Waals surface area contributed by atoms with E-state index in [0.29, 0.717) is 41.4 Å². The van der Waals surface area contributed by atoms with Crippen molar-refractivity contribution in [2.24, 2.45) is 0 Å². The van der Waals surface area contributed by atoms with Crippen molar-refractivity contribution in [3.63, 3.8) is 0 Å². The Morgan fingerprint density at radius 2 is 1.30 bits per heavy atom. The van der Waals surface area contributed by atoms with Crippen LogP contribution in [0.3, 0.4) is 0 Å². The van der Waals surface area contributed by atoms with Crippen molar-refractivity contribution in [2.75, 3.05) is 13.2 Å². The molecule has 0 amide bonds. The molecule has 0 spiro atoms. The van der Waals surface area contributed by atoms with Gasteiger partial charge < -0.3 is 14.2 Å². The minimum atomic E-state index is -1.05. The molecule has 0 fully saturated rings. The standard InChI is InChI=1S/C34H33F3O3/c1-3-5-7-21-39-28-16-17-29(31(35)22-28)25-10-8-24(9-11-25)23-40-32-19-18-30(33(36)34(32)37)26-12-14-27(15-13-26)38-20-6-4-2/h3,8-19,22H,1,4-7,20-21,23H2,2H3. The lowest BCUT2D eigenvalue weighted by atomic mass is 10.0. The maximum Gasteiger partial charge on any atom is 0.201 e. The first kappa shape index (κ1) is 28.8. The number of allylic oxidation sites excluding steroid dienone is 1. The smallest absolute Gasteiger partial charge is 0.201 e. The molecule has 0 N–H and O–H groups in total. The minimum absolute atomic E-state index is 0.0275. The number of hydrogen-bond acceptors (Lipinski definition) is 3. The summed E-state index contributed by atoms with van der Waals surface area (Å²) < 4.78 is 61.2. The minimum Gasteiger partial charge on any atom is -0.494 e. The van der Waals surface area contributed by atoms with Gasteiger partial charge in [0.05, 0.1) is 13.2 Å². The maximum absolute atomic E-state index is 14.9. The summed E-state index contributed by atoms with van der Waals surface area (Å²) in [4.78, 5) is 0. The van der Waals surface area contributed by atoms with Gasteiger partial charge in [0.15, 0.2) is 11.6 Å². The first-order chi connectivity index (χ1) is 19.5. The molecule has 40 heavy (non-hydrogen) atoms. The van der Waals surface area contributed by atoms with Crippen LogP contribution in [0.25, 0.3) is 22.3 Å². The van der Waals surface area contributed by atoms with Gasteiger partial charge in [-0.2, -0.15) is 4.39 Å². The summed E-state index contributed by atoms with van der Waals surface area (Å²) in [6.45, 7) is 6.89. The van der Waals surface area contributed by atoms with Gasteiger partial charge in [-0.15, -0.1) is 6.58 Å². The maximum atomic E-state index is 14.9. The third-order valence-corrected chi connectivity index (χ3v) is 6.40. The van der Waals surface area contributed by atoms with Crippen LogP contribution in [0, 0.1) is 17.5 Å². The summed E-state index contributed by atoms with van der Waals surface area (Å²) in [6.07, 6.45) is 5.46. The van der Waals surface area contributed by atoms with Crippen molar-refractivity contribution in [1.29, 1.82) is 0 Å². The fourth-order valence-electron chi connectivity index (χ4n) is 4.11. The van der Waals surface area contributed by atoms with Gasteiger partial charge in [0, 0.05) is 17.2 Å². The van der Waals surface area contributed by atoms with E-state index in [2.05, 4.69) is 13.5 Å². The Labute approximate surface area is 233 Å². The Morgan fingerprint density at radius 1 is 0.675 bits per heavy atom. The Morgan fingerprint density at radius 3 is 2.00 bits per heavy atom. The molecule has 208 valence electrons. The van der Waals surface area contributed by atoms with E-state index < -0.39 is 11.6 Å². The molecule has 0 aliphatic carbocycles. The largest absolute Gasteiger partial charge is 0.494 e. The zero-order valence-electron chi connectivity index (χ0n) is 22.6. The fourth-order valence-corrected chi connectivity index (χ4v) is 4.11. The fraction of sp³-hybridized carbons (Fsp3) is 0.235. The highest BCUT2D eigenvalue weighted by Gasteiger charge is 2.16. The van der Waals surface area contributed by atoms with E-state index in [1.807, 2.05) is 6.08 Å². The predicted octanol–water partition coefficient (Wildman–Crippen LogP) is 9.54. The first-order valence-corrected chi connectivity index (χ1v) is 13.5. The molecule has 0 aliphatic heterocycles. The van der Waals surface area contributed by atoms with Crippen LogP contribution < -0.4 is 14.2 Å². The van der Waals surface area contributed by atoms with Crippen LogP contribution in [-0.2, 0) is 6.61 Å². The van der Waals surface area contributed by atoms with Crippen LogP contribution in [0.2, 0.25) is 0 Å². The predicted molar refractivity (Wildman–Crippen MR) is 153 cm³/mol. The van der Waals surface area contributed by atoms with Gasteiger partial charge in [-0.25, -0.2) is 8.78 Å². The Kier molecular flexibility index (Phi) is 10.3. The normalized spacial score (nSPS) is 10.8. The van der Waals surface area contributed by atoms with E-state index in [1.165, 1.54) is 18.2 Å². The summed E-state index contributed by atoms with van der Waals surface area (Å²) in [7, 11) is 0. The molecule has 0 saturated carbocycles. The molecule has 6 heteroatoms. The van der Waals surface area contributed by atoms with Gasteiger partial charge in [0.2, 0.25) is 5.82 Å². The number of ether oxygens (including phenoxy) is 3. The Bertz CT molecular complexity index is 1400. The molecule has 0 atom stereocenters. The van der Waals surface area contributed by atoms with Crippen LogP contribution in [0.1, 0.15) is 38.2 Å². The van der Waals surface area contributed by atoms with Crippen LogP contribution in [0.5, 0.6) is 17.2 Å². The van der Waals surface area contributed by atoms with Crippen molar-refractivity contribution < 1.29 is 27.4 Å². The van der Waals surface area contributed by atoms with Gasteiger partial charge in [0.1, 0.15) is 23.9 Å². The summed E-state index contributed by atoms with van der Waals surface area (Å²) in [5.41, 5.74) is 2.54. The van der Waals surface area contributed by atoms with Gasteiger partial charge in [-0.1, -0.05) is 55.8 Å². The third kappa shape index (κ3) is 7.47. The highest BCUT2D eigenvalue weighted by molar-refractivity contribution is 5.66. The van der Waals surface area contributed by atoms with Gasteiger partial charge in [-0.05, 0) is 72.4 Å². The Hall–Kier alpha value is -4.19. The van der Waals surface area contributed by atoms with Crippen LogP contribution in [-0.4, -0.2) is 13.2 Å². The number of unbranched alkanes of at least 4 members (excludes halogenated alkanes) is 2. The summed E-state index contributed by atoms with van der Waals surface area (Å²) in [6, 6.07) is 21.7.